The molecule has 0 aliphatic carbocycles. The molecule has 2 aromatic carbocycles. The second-order valence-electron chi connectivity index (χ2n) is 7.97. The summed E-state index contributed by atoms with van der Waals surface area (Å²) >= 11 is 10.7. The van der Waals surface area contributed by atoms with E-state index >= 15 is 0 Å². The van der Waals surface area contributed by atoms with Gasteiger partial charge in [0, 0.05) is 22.3 Å². The van der Waals surface area contributed by atoms with Crippen molar-refractivity contribution in [2.24, 2.45) is 5.92 Å². The maximum absolute atomic E-state index is 12.9. The molecule has 3 aromatic rings. The molecule has 186 valence electrons. The number of carbonyl (C=O) groups excluding carboxylic acids is 2. The van der Waals surface area contributed by atoms with E-state index in [4.69, 9.17) is 16.3 Å². The maximum Gasteiger partial charge on any atom is 0.251 e. The number of carbonyl (C=O) groups is 2. The van der Waals surface area contributed by atoms with E-state index in [1.54, 1.807) is 49.6 Å². The van der Waals surface area contributed by atoms with Crippen molar-refractivity contribution in [1.82, 2.24) is 20.1 Å². The molecule has 0 saturated heterocycles. The quantitative estimate of drug-likeness (QED) is 0.304. The van der Waals surface area contributed by atoms with Gasteiger partial charge in [-0.25, -0.2) is 0 Å². The van der Waals surface area contributed by atoms with Gasteiger partial charge in [0.05, 0.1) is 23.9 Å². The van der Waals surface area contributed by atoms with Crippen LogP contribution in [0.2, 0.25) is 5.02 Å². The fourth-order valence-corrected chi connectivity index (χ4v) is 4.57. The van der Waals surface area contributed by atoms with Crippen molar-refractivity contribution in [3.05, 3.63) is 63.3 Å². The number of thioether (sulfide) groups is 1. The number of hydrogen-bond donors (Lipinski definition) is 2. The highest BCUT2D eigenvalue weighted by Gasteiger charge is 2.26. The average molecular weight is 581 g/mol. The van der Waals surface area contributed by atoms with Gasteiger partial charge in [0.1, 0.15) is 5.75 Å². The highest BCUT2D eigenvalue weighted by molar-refractivity contribution is 9.10. The van der Waals surface area contributed by atoms with Gasteiger partial charge in [-0.05, 0) is 71.2 Å². The lowest BCUT2D eigenvalue weighted by molar-refractivity contribution is -0.113. The standard InChI is InChI=1S/C24H27BrClN5O3S/c1-5-31-22(21(14(2)3)28-23(33)15-6-9-17(34-4)10-7-15)29-30-24(31)35-13-20(32)27-16-8-11-18(25)19(26)12-16/h6-12,14,21H,5,13H2,1-4H3,(H,27,32)(H,28,33)/t21-/m1/s1. The van der Waals surface area contributed by atoms with Gasteiger partial charge >= 0.3 is 0 Å². The van der Waals surface area contributed by atoms with Gasteiger partial charge in [0.25, 0.3) is 5.91 Å². The number of rotatable bonds is 10. The van der Waals surface area contributed by atoms with Crippen LogP contribution < -0.4 is 15.4 Å². The molecule has 0 aliphatic heterocycles. The van der Waals surface area contributed by atoms with Crippen molar-refractivity contribution in [2.45, 2.75) is 38.5 Å². The van der Waals surface area contributed by atoms with Crippen molar-refractivity contribution in [3.63, 3.8) is 0 Å². The molecule has 2 amide bonds. The van der Waals surface area contributed by atoms with Gasteiger partial charge in [-0.15, -0.1) is 10.2 Å². The van der Waals surface area contributed by atoms with Crippen molar-refractivity contribution >= 4 is 56.8 Å². The summed E-state index contributed by atoms with van der Waals surface area (Å²) in [6, 6.07) is 11.8. The molecule has 0 spiro atoms. The van der Waals surface area contributed by atoms with Crippen LogP contribution in [0, 0.1) is 5.92 Å². The second kappa shape index (κ2) is 12.4. The smallest absolute Gasteiger partial charge is 0.251 e. The molecule has 3 rings (SSSR count). The van der Waals surface area contributed by atoms with Crippen LogP contribution in [0.3, 0.4) is 0 Å². The third-order valence-corrected chi connectivity index (χ3v) is 7.38. The van der Waals surface area contributed by atoms with E-state index in [-0.39, 0.29) is 29.5 Å². The summed E-state index contributed by atoms with van der Waals surface area (Å²) in [6.07, 6.45) is 0. The summed E-state index contributed by atoms with van der Waals surface area (Å²) in [5.41, 5.74) is 1.14. The van der Waals surface area contributed by atoms with Crippen LogP contribution in [0.1, 0.15) is 43.0 Å². The first-order valence-electron chi connectivity index (χ1n) is 11.0. The van der Waals surface area contributed by atoms with Crippen LogP contribution in [-0.4, -0.2) is 39.4 Å². The summed E-state index contributed by atoms with van der Waals surface area (Å²) in [7, 11) is 1.58. The Hall–Kier alpha value is -2.56. The normalized spacial score (nSPS) is 11.9. The molecule has 0 fully saturated rings. The first-order valence-corrected chi connectivity index (χ1v) is 13.1. The van der Waals surface area contributed by atoms with E-state index in [9.17, 15) is 9.59 Å². The highest BCUT2D eigenvalue weighted by atomic mass is 79.9. The van der Waals surface area contributed by atoms with Gasteiger partial charge in [-0.2, -0.15) is 0 Å². The van der Waals surface area contributed by atoms with Crippen LogP contribution in [0.15, 0.2) is 52.1 Å². The molecule has 0 unspecified atom stereocenters. The van der Waals surface area contributed by atoms with Gasteiger partial charge < -0.3 is 19.9 Å². The lowest BCUT2D eigenvalue weighted by atomic mass is 10.0. The summed E-state index contributed by atoms with van der Waals surface area (Å²) in [4.78, 5) is 25.4. The summed E-state index contributed by atoms with van der Waals surface area (Å²) in [5.74, 6) is 1.15. The highest BCUT2D eigenvalue weighted by Crippen LogP contribution is 2.27. The van der Waals surface area contributed by atoms with Gasteiger partial charge in [-0.3, -0.25) is 9.59 Å². The molecular formula is C24H27BrClN5O3S. The minimum Gasteiger partial charge on any atom is -0.497 e. The van der Waals surface area contributed by atoms with Crippen molar-refractivity contribution < 1.29 is 14.3 Å². The third-order valence-electron chi connectivity index (χ3n) is 5.18. The number of methoxy groups -OCH3 is 1. The van der Waals surface area contributed by atoms with E-state index < -0.39 is 0 Å². The largest absolute Gasteiger partial charge is 0.497 e. The maximum atomic E-state index is 12.9. The third kappa shape index (κ3) is 6.99. The van der Waals surface area contributed by atoms with Crippen LogP contribution in [0.25, 0.3) is 0 Å². The van der Waals surface area contributed by atoms with Crippen molar-refractivity contribution in [2.75, 3.05) is 18.2 Å². The van der Waals surface area contributed by atoms with E-state index in [2.05, 4.69) is 36.8 Å². The molecule has 8 nitrogen and oxygen atoms in total. The SMILES string of the molecule is CCn1c(SCC(=O)Nc2ccc(Br)c(Cl)c2)nnc1[C@H](NC(=O)c1ccc(OC)cc1)C(C)C. The van der Waals surface area contributed by atoms with E-state index in [1.807, 2.05) is 25.3 Å². The van der Waals surface area contributed by atoms with Crippen LogP contribution in [-0.2, 0) is 11.3 Å². The Bertz CT molecular complexity index is 1190. The van der Waals surface area contributed by atoms with Crippen molar-refractivity contribution in [3.8, 4) is 5.75 Å². The fraction of sp³-hybridized carbons (Fsp3) is 0.333. The zero-order valence-electron chi connectivity index (χ0n) is 19.8. The zero-order chi connectivity index (χ0) is 25.5. The Labute approximate surface area is 222 Å². The van der Waals surface area contributed by atoms with Crippen LogP contribution >= 0.6 is 39.3 Å². The zero-order valence-corrected chi connectivity index (χ0v) is 23.0. The van der Waals surface area contributed by atoms with E-state index in [1.165, 1.54) is 11.8 Å². The predicted molar refractivity (Wildman–Crippen MR) is 142 cm³/mol. The van der Waals surface area contributed by atoms with E-state index in [0.29, 0.717) is 39.5 Å². The Kier molecular flexibility index (Phi) is 9.59. The summed E-state index contributed by atoms with van der Waals surface area (Å²) in [5, 5.41) is 15.7. The number of nitrogens with one attached hydrogen (secondary N) is 2. The molecule has 2 N–H and O–H groups in total. The number of amides is 2. The average Bonchev–Trinajstić information content (AvgIpc) is 3.25. The van der Waals surface area contributed by atoms with E-state index in [0.717, 1.165) is 4.47 Å². The number of anilines is 1. The monoisotopic (exact) mass is 579 g/mol. The van der Waals surface area contributed by atoms with Gasteiger partial charge in [0.2, 0.25) is 5.91 Å². The minimum absolute atomic E-state index is 0.0648. The number of nitrogens with zero attached hydrogens (tertiary/aromatic N) is 3. The molecule has 0 radical (unpaired) electrons. The Balaban J connectivity index is 1.70. The number of benzene rings is 2. The second-order valence-corrected chi connectivity index (χ2v) is 10.2. The lowest BCUT2D eigenvalue weighted by Gasteiger charge is -2.22. The van der Waals surface area contributed by atoms with Crippen LogP contribution in [0.5, 0.6) is 5.75 Å². The first kappa shape index (κ1) is 27.0. The minimum atomic E-state index is -0.356. The molecule has 0 saturated carbocycles. The van der Waals surface area contributed by atoms with Crippen molar-refractivity contribution in [1.29, 1.82) is 0 Å². The molecule has 35 heavy (non-hydrogen) atoms. The Morgan fingerprint density at radius 1 is 1.17 bits per heavy atom. The first-order chi connectivity index (χ1) is 16.7. The molecule has 1 heterocycles. The molecule has 0 aliphatic rings. The molecule has 1 aromatic heterocycles. The Morgan fingerprint density at radius 3 is 2.49 bits per heavy atom. The predicted octanol–water partition coefficient (Wildman–Crippen LogP) is 5.58. The number of aromatic nitrogens is 3. The van der Waals surface area contributed by atoms with Gasteiger partial charge in [-0.1, -0.05) is 37.2 Å². The molecule has 1 atom stereocenters. The van der Waals surface area contributed by atoms with Crippen LogP contribution in [0.4, 0.5) is 5.69 Å². The summed E-state index contributed by atoms with van der Waals surface area (Å²) < 4.78 is 7.84. The number of halogens is 2. The Morgan fingerprint density at radius 2 is 1.89 bits per heavy atom. The summed E-state index contributed by atoms with van der Waals surface area (Å²) in [6.45, 7) is 6.59. The number of hydrogen-bond acceptors (Lipinski definition) is 6. The molecule has 0 bridgehead atoms. The fourth-order valence-electron chi connectivity index (χ4n) is 3.33. The molecular weight excluding hydrogens is 554 g/mol. The molecule has 11 heteroatoms. The topological polar surface area (TPSA) is 98.1 Å². The lowest BCUT2D eigenvalue weighted by Crippen LogP contribution is -2.33. The number of ether oxygens (including phenoxy) is 1. The van der Waals surface area contributed by atoms with Gasteiger partial charge in [0.15, 0.2) is 11.0 Å².